The third kappa shape index (κ3) is 3.57. The van der Waals surface area contributed by atoms with Crippen LogP contribution in [-0.2, 0) is 11.3 Å². The Morgan fingerprint density at radius 2 is 2.25 bits per heavy atom. The van der Waals surface area contributed by atoms with E-state index in [1.807, 2.05) is 21.8 Å². The number of ether oxygens (including phenoxy) is 1. The summed E-state index contributed by atoms with van der Waals surface area (Å²) in [7, 11) is 0. The van der Waals surface area contributed by atoms with Crippen molar-refractivity contribution in [2.75, 3.05) is 6.54 Å². The third-order valence-electron chi connectivity index (χ3n) is 4.26. The summed E-state index contributed by atoms with van der Waals surface area (Å²) in [5.74, 6) is 0.590. The molecule has 24 heavy (non-hydrogen) atoms. The molecule has 1 aliphatic heterocycles. The molecule has 1 amide bonds. The number of aromatic nitrogens is 2. The van der Waals surface area contributed by atoms with Crippen LogP contribution in [0.25, 0.3) is 0 Å². The normalized spacial score (nSPS) is 18.2. The molecule has 2 atom stereocenters. The fourth-order valence-electron chi connectivity index (χ4n) is 3.04. The van der Waals surface area contributed by atoms with Gasteiger partial charge in [0.1, 0.15) is 5.75 Å². The lowest BCUT2D eigenvalue weighted by Crippen LogP contribution is -2.44. The fraction of sp³-hybridized carbons (Fsp3) is 0.389. The van der Waals surface area contributed by atoms with Gasteiger partial charge in [0.05, 0.1) is 24.2 Å². The number of rotatable bonds is 5. The van der Waals surface area contributed by atoms with Crippen LogP contribution in [0.15, 0.2) is 42.7 Å². The Bertz CT molecular complexity index is 718. The Kier molecular flexibility index (Phi) is 4.80. The highest BCUT2D eigenvalue weighted by Gasteiger charge is 2.32. The van der Waals surface area contributed by atoms with Crippen LogP contribution in [0.4, 0.5) is 0 Å². The second-order valence-corrected chi connectivity index (χ2v) is 5.95. The number of carbonyl (C=O) groups excluding carboxylic acids is 1. The maximum atomic E-state index is 12.7. The number of nitrogens with zero attached hydrogens (tertiary/aromatic N) is 4. The lowest BCUT2D eigenvalue weighted by atomic mass is 10.2. The minimum atomic E-state index is -0.559. The maximum Gasteiger partial charge on any atom is 0.263 e. The van der Waals surface area contributed by atoms with Crippen molar-refractivity contribution in [2.45, 2.75) is 38.5 Å². The number of carbonyl (C=O) groups is 1. The Hall–Kier alpha value is -2.81. The summed E-state index contributed by atoms with van der Waals surface area (Å²) in [4.78, 5) is 14.6. The maximum absolute atomic E-state index is 12.7. The van der Waals surface area contributed by atoms with Crippen molar-refractivity contribution >= 4 is 5.91 Å². The van der Waals surface area contributed by atoms with Crippen LogP contribution < -0.4 is 4.74 Å². The topological polar surface area (TPSA) is 71.2 Å². The number of amides is 1. The predicted molar refractivity (Wildman–Crippen MR) is 88.2 cm³/mol. The zero-order valence-electron chi connectivity index (χ0n) is 13.6. The van der Waals surface area contributed by atoms with E-state index in [1.54, 1.807) is 37.4 Å². The van der Waals surface area contributed by atoms with Gasteiger partial charge in [-0.1, -0.05) is 0 Å². The highest BCUT2D eigenvalue weighted by molar-refractivity contribution is 5.81. The quantitative estimate of drug-likeness (QED) is 0.845. The SMILES string of the molecule is C[C@H](Oc1ccc(C#N)cc1)C(=O)N1CCC[C@H]1Cn1cccn1. The van der Waals surface area contributed by atoms with Crippen LogP contribution in [0.2, 0.25) is 0 Å². The van der Waals surface area contributed by atoms with E-state index in [0.717, 1.165) is 19.4 Å². The van der Waals surface area contributed by atoms with Crippen LogP contribution in [-0.4, -0.2) is 39.3 Å². The van der Waals surface area contributed by atoms with E-state index < -0.39 is 6.10 Å². The fourth-order valence-corrected chi connectivity index (χ4v) is 3.04. The molecule has 0 saturated carbocycles. The first-order chi connectivity index (χ1) is 11.7. The monoisotopic (exact) mass is 324 g/mol. The van der Waals surface area contributed by atoms with E-state index in [-0.39, 0.29) is 11.9 Å². The van der Waals surface area contributed by atoms with Crippen LogP contribution in [0, 0.1) is 11.3 Å². The van der Waals surface area contributed by atoms with Crippen LogP contribution in [0.3, 0.4) is 0 Å². The van der Waals surface area contributed by atoms with E-state index >= 15 is 0 Å². The number of nitriles is 1. The van der Waals surface area contributed by atoms with Crippen molar-refractivity contribution in [3.63, 3.8) is 0 Å². The molecule has 1 fully saturated rings. The molecule has 0 bridgehead atoms. The van der Waals surface area contributed by atoms with Crippen molar-refractivity contribution in [3.8, 4) is 11.8 Å². The average molecular weight is 324 g/mol. The van der Waals surface area contributed by atoms with Gasteiger partial charge in [-0.15, -0.1) is 0 Å². The van der Waals surface area contributed by atoms with Crippen LogP contribution in [0.1, 0.15) is 25.3 Å². The zero-order chi connectivity index (χ0) is 16.9. The van der Waals surface area contributed by atoms with Gasteiger partial charge < -0.3 is 9.64 Å². The number of benzene rings is 1. The minimum absolute atomic E-state index is 0.00554. The van der Waals surface area contributed by atoms with Crippen LogP contribution >= 0.6 is 0 Å². The Balaban J connectivity index is 1.62. The summed E-state index contributed by atoms with van der Waals surface area (Å²) >= 11 is 0. The molecule has 1 aromatic carbocycles. The Morgan fingerprint density at radius 1 is 1.46 bits per heavy atom. The largest absolute Gasteiger partial charge is 0.481 e. The lowest BCUT2D eigenvalue weighted by molar-refractivity contribution is -0.139. The lowest BCUT2D eigenvalue weighted by Gasteiger charge is -2.27. The number of hydrogen-bond donors (Lipinski definition) is 0. The van der Waals surface area contributed by atoms with E-state index in [4.69, 9.17) is 10.00 Å². The van der Waals surface area contributed by atoms with Gasteiger partial charge in [0.25, 0.3) is 5.91 Å². The molecule has 6 nitrogen and oxygen atoms in total. The van der Waals surface area contributed by atoms with Crippen molar-refractivity contribution < 1.29 is 9.53 Å². The smallest absolute Gasteiger partial charge is 0.263 e. The zero-order valence-corrected chi connectivity index (χ0v) is 13.6. The molecule has 1 aliphatic rings. The van der Waals surface area contributed by atoms with Gasteiger partial charge in [0, 0.05) is 18.9 Å². The van der Waals surface area contributed by atoms with Gasteiger partial charge in [-0.25, -0.2) is 0 Å². The Labute approximate surface area is 141 Å². The molecule has 124 valence electrons. The molecule has 6 heteroatoms. The molecular weight excluding hydrogens is 304 g/mol. The number of hydrogen-bond acceptors (Lipinski definition) is 4. The van der Waals surface area contributed by atoms with Crippen molar-refractivity contribution in [1.82, 2.24) is 14.7 Å². The molecular formula is C18H20N4O2. The first kappa shape index (κ1) is 16.1. The summed E-state index contributed by atoms with van der Waals surface area (Å²) < 4.78 is 7.61. The predicted octanol–water partition coefficient (Wildman–Crippen LogP) is 2.21. The van der Waals surface area contributed by atoms with Gasteiger partial charge in [-0.2, -0.15) is 10.4 Å². The highest BCUT2D eigenvalue weighted by atomic mass is 16.5. The van der Waals surface area contributed by atoms with Crippen LogP contribution in [0.5, 0.6) is 5.75 Å². The molecule has 0 radical (unpaired) electrons. The van der Waals surface area contributed by atoms with E-state index in [1.165, 1.54) is 0 Å². The van der Waals surface area contributed by atoms with Gasteiger partial charge in [0.2, 0.25) is 0 Å². The third-order valence-corrected chi connectivity index (χ3v) is 4.26. The molecule has 0 spiro atoms. The minimum Gasteiger partial charge on any atom is -0.481 e. The second-order valence-electron chi connectivity index (χ2n) is 5.95. The molecule has 2 aromatic rings. The van der Waals surface area contributed by atoms with E-state index in [0.29, 0.717) is 17.9 Å². The summed E-state index contributed by atoms with van der Waals surface area (Å²) in [5.41, 5.74) is 0.570. The molecule has 1 saturated heterocycles. The first-order valence-corrected chi connectivity index (χ1v) is 8.12. The summed E-state index contributed by atoms with van der Waals surface area (Å²) in [6.07, 6.45) is 5.09. The average Bonchev–Trinajstić information content (AvgIpc) is 3.27. The van der Waals surface area contributed by atoms with Crippen molar-refractivity contribution in [2.24, 2.45) is 0 Å². The molecule has 0 unspecified atom stereocenters. The van der Waals surface area contributed by atoms with E-state index in [2.05, 4.69) is 11.2 Å². The summed E-state index contributed by atoms with van der Waals surface area (Å²) in [5, 5.41) is 13.0. The second kappa shape index (κ2) is 7.18. The standard InChI is InChI=1S/C18H20N4O2/c1-14(24-17-7-5-15(12-19)6-8-17)18(23)22-11-2-4-16(22)13-21-10-3-9-20-21/h3,5-10,14,16H,2,4,11,13H2,1H3/t14-,16-/m0/s1. The molecule has 1 aromatic heterocycles. The Morgan fingerprint density at radius 3 is 2.92 bits per heavy atom. The van der Waals surface area contributed by atoms with Gasteiger partial charge in [-0.05, 0) is 50.1 Å². The van der Waals surface area contributed by atoms with Crippen molar-refractivity contribution in [1.29, 1.82) is 5.26 Å². The van der Waals surface area contributed by atoms with Crippen molar-refractivity contribution in [3.05, 3.63) is 48.3 Å². The molecule has 3 rings (SSSR count). The summed E-state index contributed by atoms with van der Waals surface area (Å²) in [6, 6.07) is 10.9. The first-order valence-electron chi connectivity index (χ1n) is 8.12. The van der Waals surface area contributed by atoms with Gasteiger partial charge >= 0.3 is 0 Å². The number of likely N-dealkylation sites (tertiary alicyclic amines) is 1. The highest BCUT2D eigenvalue weighted by Crippen LogP contribution is 2.21. The summed E-state index contributed by atoms with van der Waals surface area (Å²) in [6.45, 7) is 3.23. The molecule has 0 aliphatic carbocycles. The molecule has 0 N–H and O–H groups in total. The van der Waals surface area contributed by atoms with Gasteiger partial charge in [-0.3, -0.25) is 9.48 Å². The van der Waals surface area contributed by atoms with E-state index in [9.17, 15) is 4.79 Å². The van der Waals surface area contributed by atoms with Gasteiger partial charge in [0.15, 0.2) is 6.10 Å². The molecule has 2 heterocycles.